The molecular formula is C23H26F3N3O3. The molecule has 0 saturated heterocycles. The second kappa shape index (κ2) is 9.12. The Kier molecular flexibility index (Phi) is 6.68. The highest BCUT2D eigenvalue weighted by Gasteiger charge is 2.31. The highest BCUT2D eigenvalue weighted by molar-refractivity contribution is 5.99. The zero-order chi connectivity index (χ0) is 23.5. The van der Waals surface area contributed by atoms with Crippen molar-refractivity contribution in [1.29, 1.82) is 0 Å². The van der Waals surface area contributed by atoms with Crippen molar-refractivity contribution in [1.82, 2.24) is 9.88 Å². The highest BCUT2D eigenvalue weighted by Crippen LogP contribution is 2.27. The Bertz CT molecular complexity index is 1110. The minimum Gasteiger partial charge on any atom is -0.406 e. The van der Waals surface area contributed by atoms with Crippen LogP contribution in [0.25, 0.3) is 10.9 Å². The molecule has 0 atom stereocenters. The van der Waals surface area contributed by atoms with Crippen molar-refractivity contribution in [2.75, 3.05) is 26.0 Å². The van der Waals surface area contributed by atoms with Crippen LogP contribution in [0.1, 0.15) is 29.9 Å². The fourth-order valence-electron chi connectivity index (χ4n) is 3.52. The van der Waals surface area contributed by atoms with E-state index in [2.05, 4.69) is 10.1 Å². The Morgan fingerprint density at radius 1 is 1.12 bits per heavy atom. The van der Waals surface area contributed by atoms with Crippen LogP contribution in [-0.2, 0) is 11.3 Å². The maximum atomic E-state index is 13.0. The van der Waals surface area contributed by atoms with E-state index < -0.39 is 6.36 Å². The van der Waals surface area contributed by atoms with Gasteiger partial charge in [0, 0.05) is 42.2 Å². The number of hydrogen-bond donors (Lipinski definition) is 2. The normalized spacial score (nSPS) is 12.2. The number of nitrogens with two attached hydrogens (primary N) is 1. The fourth-order valence-corrected chi connectivity index (χ4v) is 3.52. The zero-order valence-electron chi connectivity index (χ0n) is 18.1. The van der Waals surface area contributed by atoms with Gasteiger partial charge >= 0.3 is 6.36 Å². The van der Waals surface area contributed by atoms with Crippen molar-refractivity contribution >= 4 is 22.5 Å². The quantitative estimate of drug-likeness (QED) is 0.494. The molecule has 0 fully saturated rings. The van der Waals surface area contributed by atoms with Crippen molar-refractivity contribution in [2.24, 2.45) is 5.41 Å². The van der Waals surface area contributed by atoms with Gasteiger partial charge in [-0.15, -0.1) is 13.2 Å². The van der Waals surface area contributed by atoms with Gasteiger partial charge in [0.15, 0.2) is 0 Å². The van der Waals surface area contributed by atoms with Crippen LogP contribution in [0.3, 0.4) is 0 Å². The Morgan fingerprint density at radius 2 is 1.88 bits per heavy atom. The molecule has 0 aliphatic carbocycles. The number of nitrogens with one attached hydrogen (secondary N) is 1. The maximum absolute atomic E-state index is 13.0. The lowest BCUT2D eigenvalue weighted by Gasteiger charge is -2.24. The number of nitrogens with zero attached hydrogens (tertiary/aromatic N) is 1. The summed E-state index contributed by atoms with van der Waals surface area (Å²) in [6.07, 6.45) is -4.78. The molecule has 0 saturated carbocycles. The third-order valence-corrected chi connectivity index (χ3v) is 4.89. The fraction of sp³-hybridized carbons (Fsp3) is 0.348. The molecule has 0 aliphatic heterocycles. The molecular weight excluding hydrogens is 423 g/mol. The molecule has 0 bridgehead atoms. The molecule has 1 heterocycles. The van der Waals surface area contributed by atoms with E-state index in [1.54, 1.807) is 42.0 Å². The van der Waals surface area contributed by atoms with Crippen LogP contribution in [0.4, 0.5) is 18.9 Å². The third kappa shape index (κ3) is 5.94. The van der Waals surface area contributed by atoms with E-state index >= 15 is 0 Å². The standard InChI is InChI=1S/C23H26F3N3O3/c1-22(2,14-31-3)13-28-21(30)20-11-16-10-17(27)7-8-19(16)29(20)12-15-5-4-6-18(9-15)32-23(24,25)26/h4-11H,12-14,27H2,1-3H3,(H,28,30). The molecule has 2 aromatic carbocycles. The summed E-state index contributed by atoms with van der Waals surface area (Å²) in [5.41, 5.74) is 7.83. The molecule has 0 radical (unpaired) electrons. The number of hydrogen-bond acceptors (Lipinski definition) is 4. The molecule has 32 heavy (non-hydrogen) atoms. The van der Waals surface area contributed by atoms with Gasteiger partial charge in [0.25, 0.3) is 5.91 Å². The van der Waals surface area contributed by atoms with Crippen LogP contribution in [-0.4, -0.2) is 37.1 Å². The summed E-state index contributed by atoms with van der Waals surface area (Å²) in [5.74, 6) is -0.616. The number of benzene rings is 2. The first-order valence-corrected chi connectivity index (χ1v) is 9.98. The number of methoxy groups -OCH3 is 1. The van der Waals surface area contributed by atoms with Crippen LogP contribution < -0.4 is 15.8 Å². The molecule has 6 nitrogen and oxygen atoms in total. The van der Waals surface area contributed by atoms with Crippen LogP contribution in [0.2, 0.25) is 0 Å². The Balaban J connectivity index is 1.94. The first-order chi connectivity index (χ1) is 15.0. The molecule has 0 spiro atoms. The summed E-state index contributed by atoms with van der Waals surface area (Å²) >= 11 is 0. The highest BCUT2D eigenvalue weighted by atomic mass is 19.4. The lowest BCUT2D eigenvalue weighted by atomic mass is 9.95. The molecule has 3 rings (SSSR count). The van der Waals surface area contributed by atoms with E-state index in [9.17, 15) is 18.0 Å². The van der Waals surface area contributed by atoms with E-state index in [0.29, 0.717) is 30.1 Å². The minimum absolute atomic E-state index is 0.173. The number of aromatic nitrogens is 1. The van der Waals surface area contributed by atoms with Crippen LogP contribution in [0, 0.1) is 5.41 Å². The minimum atomic E-state index is -4.78. The van der Waals surface area contributed by atoms with Crippen LogP contribution in [0.5, 0.6) is 5.75 Å². The summed E-state index contributed by atoms with van der Waals surface area (Å²) in [7, 11) is 1.60. The summed E-state index contributed by atoms with van der Waals surface area (Å²) in [4.78, 5) is 13.0. The molecule has 0 unspecified atom stereocenters. The number of ether oxygens (including phenoxy) is 2. The summed E-state index contributed by atoms with van der Waals surface area (Å²) in [5, 5.41) is 3.68. The summed E-state index contributed by atoms with van der Waals surface area (Å²) in [6.45, 7) is 4.97. The van der Waals surface area contributed by atoms with Gasteiger partial charge < -0.3 is 25.1 Å². The lowest BCUT2D eigenvalue weighted by molar-refractivity contribution is -0.274. The SMILES string of the molecule is COCC(C)(C)CNC(=O)c1cc2cc(N)ccc2n1Cc1cccc(OC(F)(F)F)c1. The van der Waals surface area contributed by atoms with Crippen LogP contribution >= 0.6 is 0 Å². The van der Waals surface area contributed by atoms with E-state index in [0.717, 1.165) is 10.9 Å². The molecule has 0 aliphatic rings. The predicted octanol–water partition coefficient (Wildman–Crippen LogP) is 4.57. The second-order valence-electron chi connectivity index (χ2n) is 8.41. The summed E-state index contributed by atoms with van der Waals surface area (Å²) in [6, 6.07) is 12.7. The van der Waals surface area contributed by atoms with Gasteiger partial charge in [-0.3, -0.25) is 4.79 Å². The van der Waals surface area contributed by atoms with E-state index in [1.807, 2.05) is 13.8 Å². The van der Waals surface area contributed by atoms with Gasteiger partial charge in [0.2, 0.25) is 0 Å². The molecule has 3 aromatic rings. The van der Waals surface area contributed by atoms with Gasteiger partial charge in [-0.05, 0) is 42.0 Å². The smallest absolute Gasteiger partial charge is 0.406 e. The largest absolute Gasteiger partial charge is 0.573 e. The van der Waals surface area contributed by atoms with Gasteiger partial charge in [-0.25, -0.2) is 0 Å². The first-order valence-electron chi connectivity index (χ1n) is 9.98. The molecule has 1 amide bonds. The Morgan fingerprint density at radius 3 is 2.56 bits per heavy atom. The maximum Gasteiger partial charge on any atom is 0.573 e. The number of alkyl halides is 3. The van der Waals surface area contributed by atoms with Crippen molar-refractivity contribution < 1.29 is 27.4 Å². The van der Waals surface area contributed by atoms with Gasteiger partial charge in [0.1, 0.15) is 11.4 Å². The Labute approximate surface area is 184 Å². The van der Waals surface area contributed by atoms with Gasteiger partial charge in [-0.1, -0.05) is 26.0 Å². The first kappa shape index (κ1) is 23.5. The molecule has 3 N–H and O–H groups in total. The van der Waals surface area contributed by atoms with E-state index in [1.165, 1.54) is 18.2 Å². The van der Waals surface area contributed by atoms with E-state index in [-0.39, 0.29) is 23.6 Å². The van der Waals surface area contributed by atoms with Gasteiger partial charge in [-0.2, -0.15) is 0 Å². The predicted molar refractivity (Wildman–Crippen MR) is 117 cm³/mol. The molecule has 9 heteroatoms. The Hall–Kier alpha value is -3.20. The number of carbonyl (C=O) groups excluding carboxylic acids is 1. The van der Waals surface area contributed by atoms with Crippen LogP contribution in [0.15, 0.2) is 48.5 Å². The van der Waals surface area contributed by atoms with Crippen molar-refractivity contribution in [3.63, 3.8) is 0 Å². The number of nitrogen functional groups attached to an aromatic ring is 1. The number of carbonyl (C=O) groups is 1. The lowest BCUT2D eigenvalue weighted by Crippen LogP contribution is -2.37. The topological polar surface area (TPSA) is 78.5 Å². The molecule has 1 aromatic heterocycles. The van der Waals surface area contributed by atoms with E-state index in [4.69, 9.17) is 10.5 Å². The zero-order valence-corrected chi connectivity index (χ0v) is 18.1. The average molecular weight is 449 g/mol. The van der Waals surface area contributed by atoms with Crippen molar-refractivity contribution in [3.05, 3.63) is 59.8 Å². The monoisotopic (exact) mass is 449 g/mol. The van der Waals surface area contributed by atoms with Crippen molar-refractivity contribution in [3.8, 4) is 5.75 Å². The average Bonchev–Trinajstić information content (AvgIpc) is 3.02. The summed E-state index contributed by atoms with van der Waals surface area (Å²) < 4.78 is 48.8. The number of anilines is 1. The second-order valence-corrected chi connectivity index (χ2v) is 8.41. The number of rotatable bonds is 8. The number of amides is 1. The number of fused-ring (bicyclic) bond motifs is 1. The third-order valence-electron chi connectivity index (χ3n) is 4.89. The number of halogens is 3. The van der Waals surface area contributed by atoms with Crippen molar-refractivity contribution in [2.45, 2.75) is 26.8 Å². The van der Waals surface area contributed by atoms with Gasteiger partial charge in [0.05, 0.1) is 6.61 Å². The molecule has 172 valence electrons.